The van der Waals surface area contributed by atoms with Gasteiger partial charge in [-0.15, -0.1) is 22.7 Å². The van der Waals surface area contributed by atoms with Gasteiger partial charge in [0, 0.05) is 19.8 Å². The summed E-state index contributed by atoms with van der Waals surface area (Å²) in [5, 5.41) is 2.05. The monoisotopic (exact) mass is 776 g/mol. The molecule has 4 unspecified atom stereocenters. The molecule has 0 aliphatic rings. The Morgan fingerprint density at radius 1 is 0.750 bits per heavy atom. The molecule has 2 aromatic heterocycles. The van der Waals surface area contributed by atoms with E-state index in [0.717, 1.165) is 29.2 Å². The van der Waals surface area contributed by atoms with Crippen LogP contribution in [0, 0.1) is 0 Å². The highest BCUT2D eigenvalue weighted by Gasteiger charge is 2.19. The van der Waals surface area contributed by atoms with Crippen molar-refractivity contribution >= 4 is 165 Å². The summed E-state index contributed by atoms with van der Waals surface area (Å²) < 4.78 is 36.6. The molecule has 2 heterocycles. The molecule has 0 N–H and O–H groups in total. The second-order valence-electron chi connectivity index (χ2n) is 2.51. The van der Waals surface area contributed by atoms with Crippen molar-refractivity contribution in [2.45, 2.75) is 0 Å². The summed E-state index contributed by atoms with van der Waals surface area (Å²) in [5.41, 5.74) is 0. The number of hydrogen-bond donors (Lipinski definition) is 0. The largest absolute Gasteiger partial charge is 0.133 e. The topological polar surface area (TPSA) is 0 Å². The van der Waals surface area contributed by atoms with Crippen molar-refractivity contribution in [1.82, 2.24) is 0 Å². The van der Waals surface area contributed by atoms with Crippen molar-refractivity contribution in [1.29, 1.82) is 5.11 Å². The predicted molar refractivity (Wildman–Crippen MR) is 128 cm³/mol. The van der Waals surface area contributed by atoms with Crippen LogP contribution < -0.4 is 19.8 Å². The third-order valence-electron chi connectivity index (χ3n) is 1.76. The standard InChI is InChI=1S/C6H4I4P4S2/c7-11-1-3-4(16-5(1)13-9)2(12-8)6(14-10)15-3/h11-14H/i11D,12D,13D,14D. The highest BCUT2D eigenvalue weighted by molar-refractivity contribution is 14.2. The molecule has 0 saturated heterocycles. The number of thiophene rings is 2. The Hall–Kier alpha value is 4.30. The lowest BCUT2D eigenvalue weighted by Crippen LogP contribution is -2.06. The van der Waals surface area contributed by atoms with Crippen molar-refractivity contribution in [3.05, 3.63) is 0 Å². The lowest BCUT2D eigenvalue weighted by Gasteiger charge is -1.96. The first-order chi connectivity index (χ1) is 9.25. The third kappa shape index (κ3) is 3.37. The van der Waals surface area contributed by atoms with Gasteiger partial charge < -0.3 is 0 Å². The van der Waals surface area contributed by atoms with E-state index >= 15 is 0 Å². The molecule has 2 aromatic rings. The van der Waals surface area contributed by atoms with Crippen LogP contribution in [-0.2, 0) is 0 Å². The van der Waals surface area contributed by atoms with Gasteiger partial charge in [0.05, 0.1) is 14.5 Å². The van der Waals surface area contributed by atoms with Gasteiger partial charge in [0.2, 0.25) is 0 Å². The second-order valence-corrected chi connectivity index (χ2v) is 13.4. The van der Waals surface area contributed by atoms with Gasteiger partial charge in [0.25, 0.3) is 0 Å². The summed E-state index contributed by atoms with van der Waals surface area (Å²) in [7, 11) is 0. The smallest absolute Gasteiger partial charge is 0.0748 e. The fourth-order valence-corrected chi connectivity index (χ4v) is 17.2. The molecule has 0 aliphatic carbocycles. The molecule has 0 amide bonds. The van der Waals surface area contributed by atoms with E-state index in [1.54, 1.807) is 22.7 Å². The lowest BCUT2D eigenvalue weighted by atomic mass is 10.5. The molecule has 10 heteroatoms. The quantitative estimate of drug-likeness (QED) is 0.282. The minimum absolute atomic E-state index is 0.990. The molecule has 0 aromatic carbocycles. The van der Waals surface area contributed by atoms with Crippen LogP contribution in [0.3, 0.4) is 0 Å². The van der Waals surface area contributed by atoms with Crippen LogP contribution in [0.4, 0.5) is 0 Å². The Bertz CT molecular complexity index is 576. The van der Waals surface area contributed by atoms with Gasteiger partial charge in [-0.3, -0.25) is 0 Å². The summed E-state index contributed by atoms with van der Waals surface area (Å²) >= 11 is 11.8. The van der Waals surface area contributed by atoms with Crippen LogP contribution in [-0.4, -0.2) is 5.11 Å². The number of rotatable bonds is 4. The molecule has 88 valence electrons. The average Bonchev–Trinajstić information content (AvgIpc) is 2.81. The van der Waals surface area contributed by atoms with Gasteiger partial charge in [-0.2, -0.15) is 0 Å². The van der Waals surface area contributed by atoms with Crippen molar-refractivity contribution in [3.8, 4) is 0 Å². The van der Waals surface area contributed by atoms with Crippen molar-refractivity contribution in [3.63, 3.8) is 0 Å². The minimum atomic E-state index is -1.03. The maximum absolute atomic E-state index is 8.15. The SMILES string of the molecule is [2H]P(I)c1sc2c(P([2H])I)c(P([2H])I)sc2c1P([2H])I. The van der Waals surface area contributed by atoms with E-state index in [1.165, 1.54) is 0 Å². The summed E-state index contributed by atoms with van der Waals surface area (Å²) in [6.45, 7) is 0. The molecular weight excluding hydrogens is 768 g/mol. The maximum atomic E-state index is 8.15. The number of fused-ring (bicyclic) bond motifs is 1. The van der Waals surface area contributed by atoms with Crippen LogP contribution in [0.25, 0.3) is 9.40 Å². The van der Waals surface area contributed by atoms with Gasteiger partial charge in [0.1, 0.15) is 0 Å². The van der Waals surface area contributed by atoms with Gasteiger partial charge in [0.15, 0.2) is 0 Å². The average molecular weight is 776 g/mol. The molecule has 0 nitrogen and oxygen atoms in total. The Labute approximate surface area is 167 Å². The molecule has 16 heavy (non-hydrogen) atoms. The van der Waals surface area contributed by atoms with Gasteiger partial charge >= 0.3 is 0 Å². The molecular formula is C6H4I4P4S2. The molecule has 0 bridgehead atoms. The Kier molecular flexibility index (Phi) is 5.96. The van der Waals surface area contributed by atoms with Gasteiger partial charge in [-0.1, -0.05) is 88.2 Å². The van der Waals surface area contributed by atoms with Crippen LogP contribution in [0.1, 0.15) is 0 Å². The Morgan fingerprint density at radius 2 is 1.12 bits per heavy atom. The summed E-state index contributed by atoms with van der Waals surface area (Å²) in [4.78, 5) is 0. The fourth-order valence-electron chi connectivity index (χ4n) is 1.15. The minimum Gasteiger partial charge on any atom is -0.133 e. The molecule has 2 rings (SSSR count). The normalized spacial score (nSPS) is 23.0. The summed E-state index contributed by atoms with van der Waals surface area (Å²) in [6.07, 6.45) is -4.04. The van der Waals surface area contributed by atoms with E-state index in [9.17, 15) is 0 Å². The molecule has 0 radical (unpaired) electrons. The van der Waals surface area contributed by atoms with E-state index in [4.69, 9.17) is 5.11 Å². The predicted octanol–water partition coefficient (Wildman–Crippen LogP) is 5.58. The van der Waals surface area contributed by atoms with E-state index < -0.39 is 24.7 Å². The van der Waals surface area contributed by atoms with E-state index in [2.05, 4.69) is 88.2 Å². The van der Waals surface area contributed by atoms with Crippen LogP contribution in [0.2, 0.25) is 0 Å². The maximum Gasteiger partial charge on any atom is 0.0748 e. The first-order valence-corrected chi connectivity index (χ1v) is 20.0. The second kappa shape index (κ2) is 8.07. The number of halogens is 4. The van der Waals surface area contributed by atoms with E-state index in [1.807, 2.05) is 0 Å². The van der Waals surface area contributed by atoms with Gasteiger partial charge in [-0.05, 0) is 24.7 Å². The highest BCUT2D eigenvalue weighted by atomic mass is 127. The molecule has 0 fully saturated rings. The third-order valence-corrected chi connectivity index (χ3v) is 15.7. The molecule has 0 spiro atoms. The molecule has 4 atom stereocenters. The molecule has 0 saturated carbocycles. The zero-order valence-electron chi connectivity index (χ0n) is 11.1. The zero-order valence-corrected chi connectivity index (χ0v) is 21.0. The molecule has 0 aliphatic heterocycles. The zero-order chi connectivity index (χ0) is 15.2. The highest BCUT2D eigenvalue weighted by Crippen LogP contribution is 2.41. The van der Waals surface area contributed by atoms with Crippen molar-refractivity contribution in [2.24, 2.45) is 0 Å². The fraction of sp³-hybridized carbons (Fsp3) is 0. The first-order valence-electron chi connectivity index (χ1n) is 5.43. The van der Waals surface area contributed by atoms with E-state index in [-0.39, 0.29) is 0 Å². The summed E-state index contributed by atoms with van der Waals surface area (Å²) in [5.74, 6) is 0. The summed E-state index contributed by atoms with van der Waals surface area (Å²) in [6, 6.07) is 0. The number of hydrogen-bond acceptors (Lipinski definition) is 2. The van der Waals surface area contributed by atoms with E-state index in [0.29, 0.717) is 0 Å². The van der Waals surface area contributed by atoms with Crippen molar-refractivity contribution in [2.75, 3.05) is 0 Å². The lowest BCUT2D eigenvalue weighted by molar-refractivity contribution is 2.57. The Morgan fingerprint density at radius 3 is 1.38 bits per heavy atom. The van der Waals surface area contributed by atoms with Crippen LogP contribution in [0.15, 0.2) is 0 Å². The first kappa shape index (κ1) is 11.8. The van der Waals surface area contributed by atoms with Gasteiger partial charge in [-0.25, -0.2) is 0 Å². The van der Waals surface area contributed by atoms with Crippen LogP contribution >= 0.6 is 136 Å². The Balaban J connectivity index is 2.81. The van der Waals surface area contributed by atoms with Crippen LogP contribution in [0.5, 0.6) is 0 Å². The van der Waals surface area contributed by atoms with Crippen molar-refractivity contribution < 1.29 is 0 Å².